The molecule has 1 saturated heterocycles. The van der Waals surface area contributed by atoms with Crippen molar-refractivity contribution in [1.29, 1.82) is 0 Å². The van der Waals surface area contributed by atoms with Gasteiger partial charge in [-0.15, -0.1) is 0 Å². The Balaban J connectivity index is 1.46. The van der Waals surface area contributed by atoms with Crippen molar-refractivity contribution in [3.63, 3.8) is 0 Å². The van der Waals surface area contributed by atoms with Crippen LogP contribution in [0.15, 0.2) is 66.9 Å². The van der Waals surface area contributed by atoms with Gasteiger partial charge in [-0.05, 0) is 39.9 Å². The van der Waals surface area contributed by atoms with Crippen molar-refractivity contribution < 1.29 is 8.82 Å². The van der Waals surface area contributed by atoms with E-state index in [0.29, 0.717) is 24.3 Å². The zero-order chi connectivity index (χ0) is 26.2. The van der Waals surface area contributed by atoms with Crippen LogP contribution >= 0.6 is 23.2 Å². The number of nitrogens with zero attached hydrogens (tertiary/aromatic N) is 4. The molecule has 0 amide bonds. The number of halogens is 3. The van der Waals surface area contributed by atoms with Gasteiger partial charge in [0.2, 0.25) is 5.28 Å². The number of benzene rings is 2. The van der Waals surface area contributed by atoms with Gasteiger partial charge in [0.25, 0.3) is 8.32 Å². The maximum absolute atomic E-state index is 14.6. The number of aromatic nitrogens is 3. The summed E-state index contributed by atoms with van der Waals surface area (Å²) in [7, 11) is -2.64. The Morgan fingerprint density at radius 1 is 0.919 bits per heavy atom. The molecular formula is C28H29Cl2FN4OSi. The number of hydrogen-bond donors (Lipinski definition) is 0. The lowest BCUT2D eigenvalue weighted by molar-refractivity contribution is 0.158. The van der Waals surface area contributed by atoms with Gasteiger partial charge in [0, 0.05) is 25.4 Å². The van der Waals surface area contributed by atoms with Crippen LogP contribution in [0.5, 0.6) is 0 Å². The van der Waals surface area contributed by atoms with Crippen LogP contribution in [-0.4, -0.2) is 42.5 Å². The van der Waals surface area contributed by atoms with Crippen molar-refractivity contribution >= 4 is 58.6 Å². The highest BCUT2D eigenvalue weighted by Gasteiger charge is 2.51. The van der Waals surface area contributed by atoms with Crippen LogP contribution in [-0.2, 0) is 4.43 Å². The molecule has 0 unspecified atom stereocenters. The predicted octanol–water partition coefficient (Wildman–Crippen LogP) is 6.02. The van der Waals surface area contributed by atoms with E-state index in [-0.39, 0.29) is 27.1 Å². The van der Waals surface area contributed by atoms with E-state index < -0.39 is 14.1 Å². The summed E-state index contributed by atoms with van der Waals surface area (Å²) >= 11 is 12.1. The summed E-state index contributed by atoms with van der Waals surface area (Å²) in [5.41, 5.74) is 0.0840. The van der Waals surface area contributed by atoms with Crippen LogP contribution in [0, 0.1) is 5.82 Å². The summed E-state index contributed by atoms with van der Waals surface area (Å²) in [6, 6.07) is 21.3. The van der Waals surface area contributed by atoms with Crippen LogP contribution in [0.3, 0.4) is 0 Å². The molecule has 0 aliphatic carbocycles. The first kappa shape index (κ1) is 26.0. The Morgan fingerprint density at radius 3 is 2.03 bits per heavy atom. The number of hydrogen-bond acceptors (Lipinski definition) is 5. The molecule has 5 rings (SSSR count). The Bertz CT molecular complexity index is 1350. The molecule has 3 heterocycles. The Kier molecular flexibility index (Phi) is 7.24. The van der Waals surface area contributed by atoms with E-state index in [2.05, 4.69) is 101 Å². The number of anilines is 1. The number of fused-ring (bicyclic) bond motifs is 1. The number of piperidine rings is 1. The molecule has 192 valence electrons. The largest absolute Gasteiger partial charge is 0.404 e. The monoisotopic (exact) mass is 554 g/mol. The average Bonchev–Trinajstić information content (AvgIpc) is 2.90. The molecule has 0 radical (unpaired) electrons. The van der Waals surface area contributed by atoms with Gasteiger partial charge in [-0.2, -0.15) is 4.98 Å². The van der Waals surface area contributed by atoms with Gasteiger partial charge >= 0.3 is 0 Å². The Morgan fingerprint density at radius 2 is 1.49 bits per heavy atom. The van der Waals surface area contributed by atoms with E-state index in [1.54, 1.807) is 0 Å². The highest BCUT2D eigenvalue weighted by molar-refractivity contribution is 6.99. The summed E-state index contributed by atoms with van der Waals surface area (Å²) < 4.78 is 21.9. The second kappa shape index (κ2) is 10.3. The zero-order valence-electron chi connectivity index (χ0n) is 21.1. The molecule has 0 saturated carbocycles. The van der Waals surface area contributed by atoms with E-state index in [4.69, 9.17) is 27.6 Å². The van der Waals surface area contributed by atoms with Crippen molar-refractivity contribution in [3.8, 4) is 0 Å². The SMILES string of the molecule is CC(C)(C)[Si](OC1CCN(c2nc(Cl)nc3c(F)c(Cl)ncc23)CC1)(c1ccccc1)c1ccccc1. The lowest BCUT2D eigenvalue weighted by Gasteiger charge is -2.46. The molecule has 0 atom stereocenters. The molecule has 2 aromatic heterocycles. The molecular weight excluding hydrogens is 526 g/mol. The first-order valence-electron chi connectivity index (χ1n) is 12.4. The van der Waals surface area contributed by atoms with Crippen LogP contribution in [0.1, 0.15) is 33.6 Å². The fourth-order valence-electron chi connectivity index (χ4n) is 5.36. The van der Waals surface area contributed by atoms with Gasteiger partial charge in [0.1, 0.15) is 11.3 Å². The van der Waals surface area contributed by atoms with Gasteiger partial charge in [-0.1, -0.05) is 93.0 Å². The van der Waals surface area contributed by atoms with E-state index in [9.17, 15) is 4.39 Å². The Hall–Kier alpha value is -2.58. The fourth-order valence-corrected chi connectivity index (χ4v) is 10.4. The van der Waals surface area contributed by atoms with Crippen molar-refractivity contribution in [3.05, 3.63) is 83.1 Å². The molecule has 1 aliphatic rings. The van der Waals surface area contributed by atoms with Crippen molar-refractivity contribution in [2.45, 2.75) is 44.8 Å². The number of rotatable bonds is 5. The van der Waals surface area contributed by atoms with Gasteiger partial charge in [0.15, 0.2) is 11.0 Å². The van der Waals surface area contributed by atoms with Gasteiger partial charge in [0.05, 0.1) is 5.39 Å². The number of pyridine rings is 1. The average molecular weight is 556 g/mol. The zero-order valence-corrected chi connectivity index (χ0v) is 23.6. The molecule has 1 aliphatic heterocycles. The van der Waals surface area contributed by atoms with Crippen molar-refractivity contribution in [1.82, 2.24) is 15.0 Å². The van der Waals surface area contributed by atoms with Crippen LogP contribution < -0.4 is 15.3 Å². The van der Waals surface area contributed by atoms with E-state index >= 15 is 0 Å². The maximum atomic E-state index is 14.6. The maximum Gasteiger partial charge on any atom is 0.261 e. The van der Waals surface area contributed by atoms with E-state index in [1.165, 1.54) is 16.6 Å². The van der Waals surface area contributed by atoms with Gasteiger partial charge in [-0.25, -0.2) is 14.4 Å². The minimum absolute atomic E-state index is 0.0191. The van der Waals surface area contributed by atoms with Crippen molar-refractivity contribution in [2.75, 3.05) is 18.0 Å². The van der Waals surface area contributed by atoms with Gasteiger partial charge < -0.3 is 9.33 Å². The third kappa shape index (κ3) is 4.86. The topological polar surface area (TPSA) is 51.1 Å². The normalized spacial score (nSPS) is 15.4. The molecule has 9 heteroatoms. The summed E-state index contributed by atoms with van der Waals surface area (Å²) in [5, 5.41) is 2.69. The lowest BCUT2D eigenvalue weighted by Crippen LogP contribution is -2.68. The molecule has 2 aromatic carbocycles. The summed E-state index contributed by atoms with van der Waals surface area (Å²) in [6.45, 7) is 8.24. The molecule has 0 N–H and O–H groups in total. The summed E-state index contributed by atoms with van der Waals surface area (Å²) in [4.78, 5) is 14.6. The minimum atomic E-state index is -2.64. The highest BCUT2D eigenvalue weighted by atomic mass is 35.5. The summed E-state index contributed by atoms with van der Waals surface area (Å²) in [5.74, 6) is -0.114. The quantitative estimate of drug-likeness (QED) is 0.171. The van der Waals surface area contributed by atoms with Crippen molar-refractivity contribution in [2.24, 2.45) is 0 Å². The molecule has 5 nitrogen and oxygen atoms in total. The second-order valence-corrected chi connectivity index (χ2v) is 15.4. The van der Waals surface area contributed by atoms with Crippen LogP contribution in [0.2, 0.25) is 15.5 Å². The van der Waals surface area contributed by atoms with Crippen LogP contribution in [0.4, 0.5) is 10.2 Å². The second-order valence-electron chi connectivity index (χ2n) is 10.4. The first-order valence-corrected chi connectivity index (χ1v) is 15.1. The molecule has 1 fully saturated rings. The molecule has 0 bridgehead atoms. The molecule has 0 spiro atoms. The third-order valence-corrected chi connectivity index (χ3v) is 12.6. The van der Waals surface area contributed by atoms with E-state index in [0.717, 1.165) is 12.8 Å². The summed E-state index contributed by atoms with van der Waals surface area (Å²) in [6.07, 6.45) is 3.18. The Labute approximate surface area is 227 Å². The lowest BCUT2D eigenvalue weighted by atomic mass is 10.1. The first-order chi connectivity index (χ1) is 17.7. The third-order valence-electron chi connectivity index (χ3n) is 7.10. The highest BCUT2D eigenvalue weighted by Crippen LogP contribution is 2.39. The van der Waals surface area contributed by atoms with Crippen LogP contribution in [0.25, 0.3) is 10.9 Å². The van der Waals surface area contributed by atoms with Gasteiger partial charge in [-0.3, -0.25) is 0 Å². The fraction of sp³-hybridized carbons (Fsp3) is 0.321. The molecule has 4 aromatic rings. The standard InChI is InChI=1S/C28H29Cl2FN4OSi/c1-28(2,3)37(20-10-6-4-7-11-20,21-12-8-5-9-13-21)36-19-14-16-35(17-15-19)26-22-18-32-25(29)23(31)24(22)33-27(30)34-26/h4-13,18-19H,14-17H2,1-3H3. The van der Waals surface area contributed by atoms with E-state index in [1.807, 2.05) is 0 Å². The molecule has 37 heavy (non-hydrogen) atoms. The predicted molar refractivity (Wildman–Crippen MR) is 151 cm³/mol. The smallest absolute Gasteiger partial charge is 0.261 e. The minimum Gasteiger partial charge on any atom is -0.404 e.